The summed E-state index contributed by atoms with van der Waals surface area (Å²) in [6.45, 7) is 1.61. The van der Waals surface area contributed by atoms with Gasteiger partial charge < -0.3 is 24.8 Å². The van der Waals surface area contributed by atoms with Crippen molar-refractivity contribution in [2.24, 2.45) is 0 Å². The predicted octanol–water partition coefficient (Wildman–Crippen LogP) is 2.14. The van der Waals surface area contributed by atoms with Gasteiger partial charge in [0.2, 0.25) is 0 Å². The van der Waals surface area contributed by atoms with Crippen LogP contribution in [0.1, 0.15) is 12.5 Å². The van der Waals surface area contributed by atoms with Crippen LogP contribution in [0.5, 0.6) is 5.75 Å². The summed E-state index contributed by atoms with van der Waals surface area (Å²) in [5.74, 6) is -0.619. The van der Waals surface area contributed by atoms with E-state index < -0.39 is 18.0 Å². The lowest BCUT2D eigenvalue weighted by molar-refractivity contribution is -0.140. The highest BCUT2D eigenvalue weighted by atomic mass is 79.9. The number of benzene rings is 1. The number of carbonyl (C=O) groups excluding carboxylic acids is 3. The molecule has 8 nitrogen and oxygen atoms in total. The molecular formula is C18H19BrN2O6. The molecule has 0 unspecified atom stereocenters. The Bertz CT molecular complexity index is 803. The predicted molar refractivity (Wildman–Crippen MR) is 101 cm³/mol. The smallest absolute Gasteiger partial charge is 0.337 e. The van der Waals surface area contributed by atoms with Gasteiger partial charge in [-0.2, -0.15) is 0 Å². The fourth-order valence-corrected chi connectivity index (χ4v) is 2.63. The maximum absolute atomic E-state index is 12.0. The molecule has 1 aromatic rings. The molecule has 0 saturated heterocycles. The molecule has 2 N–H and O–H groups in total. The van der Waals surface area contributed by atoms with Crippen molar-refractivity contribution in [1.82, 2.24) is 10.6 Å². The molecule has 0 fully saturated rings. The van der Waals surface area contributed by atoms with Crippen molar-refractivity contribution < 1.29 is 28.6 Å². The zero-order chi connectivity index (χ0) is 19.8. The Morgan fingerprint density at radius 3 is 2.78 bits per heavy atom. The van der Waals surface area contributed by atoms with E-state index in [1.165, 1.54) is 13.2 Å². The summed E-state index contributed by atoms with van der Waals surface area (Å²) in [6, 6.07) is 4.88. The Kier molecular flexibility index (Phi) is 7.42. The van der Waals surface area contributed by atoms with Gasteiger partial charge in [0.25, 0.3) is 0 Å². The zero-order valence-corrected chi connectivity index (χ0v) is 16.4. The Labute approximate surface area is 164 Å². The van der Waals surface area contributed by atoms with E-state index in [-0.39, 0.29) is 31.0 Å². The Morgan fingerprint density at radius 1 is 1.30 bits per heavy atom. The fraction of sp³-hybridized carbons (Fsp3) is 0.278. The number of esters is 2. The van der Waals surface area contributed by atoms with Gasteiger partial charge >= 0.3 is 18.0 Å². The molecule has 27 heavy (non-hydrogen) atoms. The highest BCUT2D eigenvalue weighted by Gasteiger charge is 2.24. The first-order valence-electron chi connectivity index (χ1n) is 8.07. The summed E-state index contributed by atoms with van der Waals surface area (Å²) < 4.78 is 16.1. The van der Waals surface area contributed by atoms with E-state index in [4.69, 9.17) is 14.2 Å². The van der Waals surface area contributed by atoms with Gasteiger partial charge in [0.15, 0.2) is 0 Å². The average Bonchev–Trinajstić information content (AvgIpc) is 2.65. The van der Waals surface area contributed by atoms with E-state index in [9.17, 15) is 14.4 Å². The molecule has 2 rings (SSSR count). The SMILES string of the molecule is CCOC(=O)C1=C(COC(=O)/C=C/c2cc(Br)ccc2OC)NC(=O)NC1. The average molecular weight is 439 g/mol. The van der Waals surface area contributed by atoms with Gasteiger partial charge in [0, 0.05) is 16.1 Å². The number of urea groups is 1. The highest BCUT2D eigenvalue weighted by molar-refractivity contribution is 9.10. The molecule has 1 aliphatic heterocycles. The minimum atomic E-state index is -0.638. The van der Waals surface area contributed by atoms with E-state index in [0.29, 0.717) is 11.3 Å². The fourth-order valence-electron chi connectivity index (χ4n) is 2.25. The third-order valence-electron chi connectivity index (χ3n) is 3.53. The van der Waals surface area contributed by atoms with Gasteiger partial charge in [-0.1, -0.05) is 15.9 Å². The Hall–Kier alpha value is -2.81. The number of nitrogens with one attached hydrogen (secondary N) is 2. The number of methoxy groups -OCH3 is 1. The van der Waals surface area contributed by atoms with E-state index in [1.807, 2.05) is 6.07 Å². The third-order valence-corrected chi connectivity index (χ3v) is 4.02. The van der Waals surface area contributed by atoms with E-state index in [0.717, 1.165) is 4.47 Å². The van der Waals surface area contributed by atoms with Crippen molar-refractivity contribution in [2.75, 3.05) is 26.9 Å². The number of hydrogen-bond acceptors (Lipinski definition) is 6. The molecular weight excluding hydrogens is 420 g/mol. The second-order valence-electron chi connectivity index (χ2n) is 5.31. The molecule has 0 aliphatic carbocycles. The Balaban J connectivity index is 2.05. The molecule has 144 valence electrons. The minimum Gasteiger partial charge on any atom is -0.496 e. The van der Waals surface area contributed by atoms with Crippen molar-refractivity contribution in [3.8, 4) is 5.75 Å². The summed E-state index contributed by atoms with van der Waals surface area (Å²) in [5, 5.41) is 4.93. The third kappa shape index (κ3) is 5.85. The number of ether oxygens (including phenoxy) is 3. The first-order chi connectivity index (χ1) is 12.9. The topological polar surface area (TPSA) is 103 Å². The lowest BCUT2D eigenvalue weighted by atomic mass is 10.1. The minimum absolute atomic E-state index is 0.00261. The van der Waals surface area contributed by atoms with Gasteiger partial charge in [-0.15, -0.1) is 0 Å². The summed E-state index contributed by atoms with van der Waals surface area (Å²) in [7, 11) is 1.53. The zero-order valence-electron chi connectivity index (χ0n) is 14.8. The number of rotatable bonds is 7. The maximum atomic E-state index is 12.0. The second-order valence-corrected chi connectivity index (χ2v) is 6.23. The quantitative estimate of drug-likeness (QED) is 0.499. The summed E-state index contributed by atoms with van der Waals surface area (Å²) in [6.07, 6.45) is 2.78. The van der Waals surface area contributed by atoms with Crippen LogP contribution >= 0.6 is 15.9 Å². The summed E-state index contributed by atoms with van der Waals surface area (Å²) in [4.78, 5) is 35.4. The lowest BCUT2D eigenvalue weighted by Gasteiger charge is -2.20. The van der Waals surface area contributed by atoms with E-state index >= 15 is 0 Å². The van der Waals surface area contributed by atoms with Crippen LogP contribution in [0.3, 0.4) is 0 Å². The van der Waals surface area contributed by atoms with Gasteiger partial charge in [-0.25, -0.2) is 14.4 Å². The van der Waals surface area contributed by atoms with Gasteiger partial charge in [0.05, 0.1) is 31.5 Å². The highest BCUT2D eigenvalue weighted by Crippen LogP contribution is 2.24. The molecule has 9 heteroatoms. The van der Waals surface area contributed by atoms with Crippen molar-refractivity contribution >= 4 is 40.0 Å². The number of carbonyl (C=O) groups is 3. The van der Waals surface area contributed by atoms with Crippen LogP contribution in [0.4, 0.5) is 4.79 Å². The number of halogens is 1. The van der Waals surface area contributed by atoms with Crippen molar-refractivity contribution in [1.29, 1.82) is 0 Å². The normalized spacial score (nSPS) is 13.8. The molecule has 0 aromatic heterocycles. The van der Waals surface area contributed by atoms with Gasteiger partial charge in [-0.05, 0) is 31.2 Å². The molecule has 0 atom stereocenters. The molecule has 0 saturated carbocycles. The van der Waals surface area contributed by atoms with Gasteiger partial charge in [0.1, 0.15) is 12.4 Å². The van der Waals surface area contributed by atoms with Gasteiger partial charge in [-0.3, -0.25) is 0 Å². The summed E-state index contributed by atoms with van der Waals surface area (Å²) >= 11 is 3.35. The molecule has 0 bridgehead atoms. The molecule has 2 amide bonds. The van der Waals surface area contributed by atoms with Crippen LogP contribution < -0.4 is 15.4 Å². The van der Waals surface area contributed by atoms with Crippen LogP contribution in [-0.2, 0) is 19.1 Å². The number of hydrogen-bond donors (Lipinski definition) is 2. The van der Waals surface area contributed by atoms with E-state index in [2.05, 4.69) is 26.6 Å². The largest absolute Gasteiger partial charge is 0.496 e. The van der Waals surface area contributed by atoms with Crippen molar-refractivity contribution in [3.63, 3.8) is 0 Å². The summed E-state index contributed by atoms with van der Waals surface area (Å²) in [5.41, 5.74) is 1.09. The molecule has 1 aliphatic rings. The standard InChI is InChI=1S/C18H19BrN2O6/c1-3-26-17(23)13-9-20-18(24)21-14(13)10-27-16(22)7-4-11-8-12(19)5-6-15(11)25-2/h4-8H,3,9-10H2,1-2H3,(H2,20,21,24)/b7-4+. The van der Waals surface area contributed by atoms with Crippen LogP contribution in [0.25, 0.3) is 6.08 Å². The van der Waals surface area contributed by atoms with E-state index in [1.54, 1.807) is 25.1 Å². The second kappa shape index (κ2) is 9.77. The van der Waals surface area contributed by atoms with Crippen molar-refractivity contribution in [3.05, 3.63) is 45.6 Å². The first-order valence-corrected chi connectivity index (χ1v) is 8.86. The Morgan fingerprint density at radius 2 is 2.07 bits per heavy atom. The van der Waals surface area contributed by atoms with Crippen LogP contribution in [0, 0.1) is 0 Å². The maximum Gasteiger partial charge on any atom is 0.337 e. The molecule has 0 spiro atoms. The van der Waals surface area contributed by atoms with Crippen LogP contribution in [-0.4, -0.2) is 44.8 Å². The molecule has 1 heterocycles. The van der Waals surface area contributed by atoms with Crippen LogP contribution in [0.15, 0.2) is 40.0 Å². The van der Waals surface area contributed by atoms with Crippen LogP contribution in [0.2, 0.25) is 0 Å². The monoisotopic (exact) mass is 438 g/mol. The number of amides is 2. The lowest BCUT2D eigenvalue weighted by Crippen LogP contribution is -2.45. The molecule has 1 aromatic carbocycles. The molecule has 0 radical (unpaired) electrons. The van der Waals surface area contributed by atoms with Crippen molar-refractivity contribution in [2.45, 2.75) is 6.92 Å². The first kappa shape index (κ1) is 20.5.